The molecule has 3 heterocycles. The highest BCUT2D eigenvalue weighted by molar-refractivity contribution is 6.30. The third-order valence-corrected chi connectivity index (χ3v) is 5.18. The number of hydrogen-bond donors (Lipinski definition) is 2. The fraction of sp³-hybridized carbons (Fsp3) is 0.158. The van der Waals surface area contributed by atoms with Gasteiger partial charge in [-0.3, -0.25) is 9.78 Å². The molecule has 1 saturated carbocycles. The number of imidazole rings is 1. The average Bonchev–Trinajstić information content (AvgIpc) is 3.30. The third kappa shape index (κ3) is 2.76. The van der Waals surface area contributed by atoms with Gasteiger partial charge in [0.15, 0.2) is 5.65 Å². The van der Waals surface area contributed by atoms with Crippen LogP contribution in [0.2, 0.25) is 5.02 Å². The largest absolute Gasteiger partial charge is 0.325 e. The molecule has 2 N–H and O–H groups in total. The van der Waals surface area contributed by atoms with E-state index in [0.29, 0.717) is 17.2 Å². The van der Waals surface area contributed by atoms with Crippen molar-refractivity contribution in [3.63, 3.8) is 0 Å². The van der Waals surface area contributed by atoms with Crippen LogP contribution in [0.4, 0.5) is 0 Å². The van der Waals surface area contributed by atoms with Crippen LogP contribution in [0, 0.1) is 0 Å². The van der Waals surface area contributed by atoms with Gasteiger partial charge in [-0.05, 0) is 42.0 Å². The molecule has 0 aliphatic heterocycles. The second-order valence-corrected chi connectivity index (χ2v) is 7.11. The minimum Gasteiger partial charge on any atom is -0.313 e. The zero-order valence-electron chi connectivity index (χ0n) is 14.0. The van der Waals surface area contributed by atoms with E-state index < -0.39 is 11.2 Å². The summed E-state index contributed by atoms with van der Waals surface area (Å²) in [6.45, 7) is 0. The number of nitrogens with one attached hydrogen (secondary N) is 2. The Morgan fingerprint density at radius 3 is 2.89 bits per heavy atom. The Balaban J connectivity index is 1.62. The molecule has 1 aromatic carbocycles. The van der Waals surface area contributed by atoms with E-state index >= 15 is 0 Å². The smallest absolute Gasteiger partial charge is 0.313 e. The first-order valence-corrected chi connectivity index (χ1v) is 8.90. The highest BCUT2D eigenvalue weighted by Crippen LogP contribution is 2.55. The van der Waals surface area contributed by atoms with E-state index in [1.807, 2.05) is 24.3 Å². The van der Waals surface area contributed by atoms with Gasteiger partial charge in [-0.25, -0.2) is 14.3 Å². The monoisotopic (exact) mass is 379 g/mol. The Kier molecular flexibility index (Phi) is 3.51. The lowest BCUT2D eigenvalue weighted by atomic mass is 10.0. The number of fused-ring (bicyclic) bond motifs is 1. The number of benzene rings is 1. The van der Waals surface area contributed by atoms with Crippen LogP contribution in [-0.4, -0.2) is 24.6 Å². The standard InChI is InChI=1S/C19H14ClN5O2/c20-11-3-1-2-10(6-11)12-7-13(12)14-8-16(24-25-5-4-21-17(14)25)15-9-22-19(27)23-18(15)26/h1-6,8-9,12-13H,7H2,(H2,22,23,26,27)/t12-,13+/m0/s1. The molecule has 0 saturated heterocycles. The molecular formula is C19H14ClN5O2. The van der Waals surface area contributed by atoms with Gasteiger partial charge in [0.05, 0.1) is 11.3 Å². The minimum absolute atomic E-state index is 0.275. The van der Waals surface area contributed by atoms with Crippen LogP contribution in [0.1, 0.15) is 29.4 Å². The number of aromatic amines is 2. The maximum Gasteiger partial charge on any atom is 0.325 e. The molecule has 8 heteroatoms. The van der Waals surface area contributed by atoms with Crippen molar-refractivity contribution < 1.29 is 0 Å². The lowest BCUT2D eigenvalue weighted by Crippen LogP contribution is -2.23. The van der Waals surface area contributed by atoms with E-state index in [2.05, 4.69) is 26.1 Å². The molecule has 0 radical (unpaired) electrons. The molecule has 1 aliphatic rings. The molecule has 5 rings (SSSR count). The van der Waals surface area contributed by atoms with Crippen molar-refractivity contribution in [3.05, 3.63) is 85.9 Å². The highest BCUT2D eigenvalue weighted by atomic mass is 35.5. The fourth-order valence-electron chi connectivity index (χ4n) is 3.59. The average molecular weight is 380 g/mol. The van der Waals surface area contributed by atoms with Crippen molar-refractivity contribution in [2.45, 2.75) is 18.3 Å². The van der Waals surface area contributed by atoms with Gasteiger partial charge < -0.3 is 4.98 Å². The molecule has 0 unspecified atom stereocenters. The van der Waals surface area contributed by atoms with Crippen LogP contribution in [0.5, 0.6) is 0 Å². The Hall–Kier alpha value is -3.19. The number of halogens is 1. The lowest BCUT2D eigenvalue weighted by Gasteiger charge is -2.07. The van der Waals surface area contributed by atoms with Crippen LogP contribution in [0.15, 0.2) is 58.5 Å². The van der Waals surface area contributed by atoms with E-state index in [0.717, 1.165) is 22.7 Å². The predicted octanol–water partition coefficient (Wildman–Crippen LogP) is 2.70. The number of aromatic nitrogens is 5. The zero-order valence-corrected chi connectivity index (χ0v) is 14.8. The summed E-state index contributed by atoms with van der Waals surface area (Å²) in [5, 5.41) is 5.19. The van der Waals surface area contributed by atoms with E-state index in [9.17, 15) is 9.59 Å². The number of nitrogens with zero attached hydrogens (tertiary/aromatic N) is 3. The van der Waals surface area contributed by atoms with E-state index in [-0.39, 0.29) is 5.92 Å². The molecule has 27 heavy (non-hydrogen) atoms. The first-order chi connectivity index (χ1) is 13.1. The van der Waals surface area contributed by atoms with E-state index in [1.165, 1.54) is 11.8 Å². The van der Waals surface area contributed by atoms with Gasteiger partial charge in [-0.1, -0.05) is 23.7 Å². The summed E-state index contributed by atoms with van der Waals surface area (Å²) in [7, 11) is 0. The van der Waals surface area contributed by atoms with Gasteiger partial charge in [0.2, 0.25) is 0 Å². The van der Waals surface area contributed by atoms with Crippen LogP contribution in [0.3, 0.4) is 0 Å². The van der Waals surface area contributed by atoms with Crippen LogP contribution >= 0.6 is 11.6 Å². The van der Waals surface area contributed by atoms with Crippen LogP contribution in [0.25, 0.3) is 16.9 Å². The van der Waals surface area contributed by atoms with E-state index in [4.69, 9.17) is 11.6 Å². The molecule has 4 aromatic rings. The van der Waals surface area contributed by atoms with Gasteiger partial charge in [-0.15, -0.1) is 0 Å². The molecule has 1 fully saturated rings. The summed E-state index contributed by atoms with van der Waals surface area (Å²) < 4.78 is 1.67. The maximum atomic E-state index is 12.2. The Morgan fingerprint density at radius 2 is 2.07 bits per heavy atom. The van der Waals surface area contributed by atoms with Crippen molar-refractivity contribution in [2.24, 2.45) is 0 Å². The zero-order chi connectivity index (χ0) is 18.5. The van der Waals surface area contributed by atoms with Gasteiger partial charge in [0.25, 0.3) is 5.56 Å². The van der Waals surface area contributed by atoms with Crippen LogP contribution < -0.4 is 11.2 Å². The minimum atomic E-state index is -0.545. The van der Waals surface area contributed by atoms with Crippen LogP contribution in [-0.2, 0) is 0 Å². The number of hydrogen-bond acceptors (Lipinski definition) is 4. The normalized spacial score (nSPS) is 18.7. The second kappa shape index (κ2) is 5.92. The maximum absolute atomic E-state index is 12.2. The number of rotatable bonds is 3. The molecule has 0 spiro atoms. The summed E-state index contributed by atoms with van der Waals surface area (Å²) in [6, 6.07) is 9.77. The van der Waals surface area contributed by atoms with Gasteiger partial charge in [-0.2, -0.15) is 5.10 Å². The summed E-state index contributed by atoms with van der Waals surface area (Å²) in [6.07, 6.45) is 5.80. The highest BCUT2D eigenvalue weighted by Gasteiger charge is 2.41. The summed E-state index contributed by atoms with van der Waals surface area (Å²) in [5.74, 6) is 0.630. The molecule has 1 aliphatic carbocycles. The van der Waals surface area contributed by atoms with Gasteiger partial charge >= 0.3 is 5.69 Å². The predicted molar refractivity (Wildman–Crippen MR) is 101 cm³/mol. The molecule has 0 bridgehead atoms. The molecule has 2 atom stereocenters. The molecule has 0 amide bonds. The quantitative estimate of drug-likeness (QED) is 0.572. The van der Waals surface area contributed by atoms with Crippen molar-refractivity contribution in [3.8, 4) is 11.3 Å². The summed E-state index contributed by atoms with van der Waals surface area (Å²) in [4.78, 5) is 32.6. The Morgan fingerprint density at radius 1 is 1.19 bits per heavy atom. The first-order valence-electron chi connectivity index (χ1n) is 8.52. The summed E-state index contributed by atoms with van der Waals surface area (Å²) in [5.41, 5.74) is 2.78. The Bertz CT molecular complexity index is 1290. The fourth-order valence-corrected chi connectivity index (χ4v) is 3.79. The van der Waals surface area contributed by atoms with Gasteiger partial charge in [0, 0.05) is 29.2 Å². The second-order valence-electron chi connectivity index (χ2n) is 6.67. The lowest BCUT2D eigenvalue weighted by molar-refractivity contribution is 0.906. The van der Waals surface area contributed by atoms with Crippen molar-refractivity contribution in [2.75, 3.05) is 0 Å². The third-order valence-electron chi connectivity index (χ3n) is 4.95. The topological polar surface area (TPSA) is 95.9 Å². The summed E-state index contributed by atoms with van der Waals surface area (Å²) >= 11 is 6.13. The van der Waals surface area contributed by atoms with Crippen molar-refractivity contribution in [1.82, 2.24) is 24.6 Å². The molecule has 3 aromatic heterocycles. The number of H-pyrrole nitrogens is 2. The van der Waals surface area contributed by atoms with Gasteiger partial charge in [0.1, 0.15) is 0 Å². The Labute approximate surface area is 157 Å². The first kappa shape index (κ1) is 16.0. The van der Waals surface area contributed by atoms with Crippen molar-refractivity contribution >= 4 is 17.2 Å². The molecule has 7 nitrogen and oxygen atoms in total. The van der Waals surface area contributed by atoms with E-state index in [1.54, 1.807) is 16.9 Å². The SMILES string of the molecule is O=c1[nH]cc(-c2cc([C@@H]3C[C@H]3c3cccc(Cl)c3)c3nccn3n2)c(=O)[nH]1. The molecule has 134 valence electrons. The van der Waals surface area contributed by atoms with Crippen molar-refractivity contribution in [1.29, 1.82) is 0 Å². The molecular weight excluding hydrogens is 366 g/mol.